The summed E-state index contributed by atoms with van der Waals surface area (Å²) in [5, 5.41) is 4.22. The molecule has 1 aliphatic carbocycles. The lowest BCUT2D eigenvalue weighted by Gasteiger charge is -2.36. The van der Waals surface area contributed by atoms with E-state index in [1.165, 1.54) is 16.1 Å². The van der Waals surface area contributed by atoms with Crippen LogP contribution >= 0.6 is 0 Å². The summed E-state index contributed by atoms with van der Waals surface area (Å²) in [7, 11) is -3.20. The number of piperidine rings is 1. The average molecular weight is 511 g/mol. The van der Waals surface area contributed by atoms with Crippen LogP contribution in [0.4, 0.5) is 0 Å². The predicted molar refractivity (Wildman–Crippen MR) is 138 cm³/mol. The van der Waals surface area contributed by atoms with E-state index in [1.807, 2.05) is 23.1 Å². The monoisotopic (exact) mass is 510 g/mol. The van der Waals surface area contributed by atoms with Crippen LogP contribution in [0.3, 0.4) is 0 Å². The number of sulfonamides is 1. The third kappa shape index (κ3) is 5.32. The van der Waals surface area contributed by atoms with Gasteiger partial charge in [0, 0.05) is 49.7 Å². The third-order valence-electron chi connectivity index (χ3n) is 7.47. The van der Waals surface area contributed by atoms with E-state index in [0.717, 1.165) is 54.6 Å². The summed E-state index contributed by atoms with van der Waals surface area (Å²) in [5.74, 6) is 2.21. The Kier molecular flexibility index (Phi) is 6.87. The van der Waals surface area contributed by atoms with Crippen LogP contribution in [-0.2, 0) is 27.8 Å². The van der Waals surface area contributed by atoms with Crippen molar-refractivity contribution >= 4 is 21.5 Å². The summed E-state index contributed by atoms with van der Waals surface area (Å²) in [4.78, 5) is 19.3. The van der Waals surface area contributed by atoms with Gasteiger partial charge in [-0.3, -0.25) is 4.79 Å². The van der Waals surface area contributed by atoms with Crippen molar-refractivity contribution in [3.8, 4) is 11.4 Å². The molecule has 0 saturated carbocycles. The Bertz CT molecular complexity index is 1320. The molecule has 1 aromatic heterocycles. The van der Waals surface area contributed by atoms with Crippen LogP contribution in [0, 0.1) is 11.8 Å². The molecular formula is C27H34N4O4S. The second-order valence-electron chi connectivity index (χ2n) is 10.6. The standard InChI is InChI=1S/C27H34N4O4S/c1-18(2)4-9-25(32)30-12-10-19-15-22(6-8-23(19)16-30)27-28-26(29-35-27)21-5-7-24-17-31(36(3,33)34)13-11-20(24)14-21/h5-7,14-15,18,23H,4,8-13,16-17H2,1-3H3. The topological polar surface area (TPSA) is 96.6 Å². The summed E-state index contributed by atoms with van der Waals surface area (Å²) in [6.07, 6.45) is 9.53. The molecule has 1 saturated heterocycles. The largest absolute Gasteiger partial charge is 0.342 e. The van der Waals surface area contributed by atoms with Gasteiger partial charge in [-0.05, 0) is 48.8 Å². The molecule has 192 valence electrons. The van der Waals surface area contributed by atoms with Gasteiger partial charge in [0.2, 0.25) is 21.8 Å². The second-order valence-corrected chi connectivity index (χ2v) is 12.6. The molecule has 1 amide bonds. The van der Waals surface area contributed by atoms with Crippen molar-refractivity contribution in [2.75, 3.05) is 25.9 Å². The summed E-state index contributed by atoms with van der Waals surface area (Å²) >= 11 is 0. The molecule has 3 heterocycles. The van der Waals surface area contributed by atoms with E-state index in [2.05, 4.69) is 36.1 Å². The lowest BCUT2D eigenvalue weighted by Crippen LogP contribution is -2.41. The summed E-state index contributed by atoms with van der Waals surface area (Å²) < 4.78 is 30.9. The lowest BCUT2D eigenvalue weighted by molar-refractivity contribution is -0.132. The van der Waals surface area contributed by atoms with E-state index in [9.17, 15) is 13.2 Å². The fraction of sp³-hybridized carbons (Fsp3) is 0.519. The molecule has 3 aliphatic rings. The molecule has 36 heavy (non-hydrogen) atoms. The molecule has 2 aromatic rings. The quantitative estimate of drug-likeness (QED) is 0.582. The predicted octanol–water partition coefficient (Wildman–Crippen LogP) is 4.05. The highest BCUT2D eigenvalue weighted by molar-refractivity contribution is 7.88. The number of aromatic nitrogens is 2. The molecule has 0 bridgehead atoms. The Morgan fingerprint density at radius 1 is 1.19 bits per heavy atom. The van der Waals surface area contributed by atoms with Crippen molar-refractivity contribution in [2.24, 2.45) is 11.8 Å². The van der Waals surface area contributed by atoms with Crippen LogP contribution in [0.2, 0.25) is 0 Å². The van der Waals surface area contributed by atoms with E-state index >= 15 is 0 Å². The molecule has 0 spiro atoms. The van der Waals surface area contributed by atoms with Gasteiger partial charge in [0.05, 0.1) is 6.26 Å². The first kappa shape index (κ1) is 24.9. The minimum Gasteiger partial charge on any atom is -0.342 e. The number of fused-ring (bicyclic) bond motifs is 2. The molecule has 9 heteroatoms. The number of benzene rings is 1. The van der Waals surface area contributed by atoms with Gasteiger partial charge in [0.15, 0.2) is 0 Å². The van der Waals surface area contributed by atoms with Gasteiger partial charge in [0.1, 0.15) is 0 Å². The molecule has 1 atom stereocenters. The summed E-state index contributed by atoms with van der Waals surface area (Å²) in [6.45, 7) is 6.74. The van der Waals surface area contributed by atoms with Crippen molar-refractivity contribution in [3.05, 3.63) is 52.9 Å². The van der Waals surface area contributed by atoms with Crippen LogP contribution in [0.1, 0.15) is 56.5 Å². The normalized spacial score (nSPS) is 20.6. The molecule has 1 fully saturated rings. The van der Waals surface area contributed by atoms with Gasteiger partial charge < -0.3 is 9.42 Å². The summed E-state index contributed by atoms with van der Waals surface area (Å²) in [5.41, 5.74) is 5.30. The highest BCUT2D eigenvalue weighted by Crippen LogP contribution is 2.35. The van der Waals surface area contributed by atoms with Crippen LogP contribution in [0.15, 0.2) is 40.4 Å². The second kappa shape index (κ2) is 9.94. The van der Waals surface area contributed by atoms with Crippen molar-refractivity contribution in [2.45, 2.75) is 52.5 Å². The smallest absolute Gasteiger partial charge is 0.257 e. The average Bonchev–Trinajstić information content (AvgIpc) is 3.36. The zero-order chi connectivity index (χ0) is 25.4. The minimum absolute atomic E-state index is 0.271. The number of likely N-dealkylation sites (tertiary alicyclic amines) is 1. The van der Waals surface area contributed by atoms with Crippen molar-refractivity contribution in [3.63, 3.8) is 0 Å². The number of amides is 1. The van der Waals surface area contributed by atoms with E-state index in [0.29, 0.717) is 49.5 Å². The van der Waals surface area contributed by atoms with Gasteiger partial charge in [-0.15, -0.1) is 0 Å². The Hall–Kier alpha value is -2.78. The zero-order valence-corrected chi connectivity index (χ0v) is 22.1. The Balaban J connectivity index is 1.25. The van der Waals surface area contributed by atoms with E-state index in [1.54, 1.807) is 0 Å². The number of rotatable bonds is 6. The van der Waals surface area contributed by atoms with Gasteiger partial charge in [0.25, 0.3) is 5.89 Å². The van der Waals surface area contributed by atoms with Crippen LogP contribution < -0.4 is 0 Å². The fourth-order valence-electron chi connectivity index (χ4n) is 5.24. The highest BCUT2D eigenvalue weighted by Gasteiger charge is 2.30. The molecule has 0 N–H and O–H groups in total. The fourth-order valence-corrected chi connectivity index (χ4v) is 6.04. The maximum absolute atomic E-state index is 12.6. The molecule has 0 radical (unpaired) electrons. The van der Waals surface area contributed by atoms with Crippen molar-refractivity contribution in [1.29, 1.82) is 0 Å². The molecule has 5 rings (SSSR count). The van der Waals surface area contributed by atoms with Crippen molar-refractivity contribution in [1.82, 2.24) is 19.3 Å². The van der Waals surface area contributed by atoms with E-state index < -0.39 is 10.0 Å². The van der Waals surface area contributed by atoms with Gasteiger partial charge in [-0.1, -0.05) is 48.9 Å². The minimum atomic E-state index is -3.20. The van der Waals surface area contributed by atoms with Crippen molar-refractivity contribution < 1.29 is 17.7 Å². The molecule has 2 aliphatic heterocycles. The SMILES string of the molecule is CC(C)CCC(=O)N1CCC2=CC(c3nc(-c4ccc5c(c4)CCN(S(C)(=O)=O)C5)no3)=CCC2C1. The molecule has 1 unspecified atom stereocenters. The maximum Gasteiger partial charge on any atom is 0.257 e. The molecular weight excluding hydrogens is 476 g/mol. The summed E-state index contributed by atoms with van der Waals surface area (Å²) in [6, 6.07) is 5.93. The molecule has 8 nitrogen and oxygen atoms in total. The van der Waals surface area contributed by atoms with Gasteiger partial charge >= 0.3 is 0 Å². The Morgan fingerprint density at radius 2 is 2.03 bits per heavy atom. The first-order chi connectivity index (χ1) is 17.2. The number of carbonyl (C=O) groups excluding carboxylic acids is 1. The van der Waals surface area contributed by atoms with E-state index in [4.69, 9.17) is 4.52 Å². The highest BCUT2D eigenvalue weighted by atomic mass is 32.2. The lowest BCUT2D eigenvalue weighted by atomic mass is 9.83. The van der Waals surface area contributed by atoms with Crippen LogP contribution in [0.5, 0.6) is 0 Å². The number of hydrogen-bond acceptors (Lipinski definition) is 6. The first-order valence-electron chi connectivity index (χ1n) is 12.8. The van der Waals surface area contributed by atoms with Gasteiger partial charge in [-0.25, -0.2) is 8.42 Å². The third-order valence-corrected chi connectivity index (χ3v) is 8.72. The maximum atomic E-state index is 12.6. The Morgan fingerprint density at radius 3 is 2.81 bits per heavy atom. The Labute approximate surface area is 213 Å². The number of carbonyl (C=O) groups is 1. The zero-order valence-electron chi connectivity index (χ0n) is 21.2. The van der Waals surface area contributed by atoms with Crippen LogP contribution in [-0.4, -0.2) is 59.6 Å². The number of nitrogens with zero attached hydrogens (tertiary/aromatic N) is 4. The van der Waals surface area contributed by atoms with E-state index in [-0.39, 0.29) is 5.91 Å². The van der Waals surface area contributed by atoms with Gasteiger partial charge in [-0.2, -0.15) is 9.29 Å². The number of hydrogen-bond donors (Lipinski definition) is 0. The first-order valence-corrected chi connectivity index (χ1v) is 14.6. The van der Waals surface area contributed by atoms with Crippen LogP contribution in [0.25, 0.3) is 17.0 Å². The molecule has 1 aromatic carbocycles. The number of allylic oxidation sites excluding steroid dienone is 3.